The molecule has 0 amide bonds. The minimum Gasteiger partial charge on any atom is -0.497 e. The Morgan fingerprint density at radius 1 is 0.962 bits per heavy atom. The standard InChI is InChI=1S/C20H20O6/c1-23-16-8-4-7-15(12-16)17(21)13-26-19(22)11-10-14-6-5-9-18(24-2)20(14)25-3/h4-12H,13H2,1-3H3/b11-10+. The molecule has 6 nitrogen and oxygen atoms in total. The average molecular weight is 356 g/mol. The Labute approximate surface area is 151 Å². The maximum atomic E-state index is 12.1. The molecule has 2 rings (SSSR count). The Balaban J connectivity index is 1.98. The van der Waals surface area contributed by atoms with Gasteiger partial charge in [-0.15, -0.1) is 0 Å². The molecular formula is C20H20O6. The monoisotopic (exact) mass is 356 g/mol. The first-order valence-corrected chi connectivity index (χ1v) is 7.82. The molecule has 0 aromatic heterocycles. The summed E-state index contributed by atoms with van der Waals surface area (Å²) in [6.45, 7) is -0.356. The number of esters is 1. The molecule has 0 radical (unpaired) electrons. The lowest BCUT2D eigenvalue weighted by Gasteiger charge is -2.09. The van der Waals surface area contributed by atoms with Crippen LogP contribution in [0.4, 0.5) is 0 Å². The molecule has 6 heteroatoms. The number of carbonyl (C=O) groups is 2. The van der Waals surface area contributed by atoms with Crippen LogP contribution >= 0.6 is 0 Å². The molecule has 0 bridgehead atoms. The van der Waals surface area contributed by atoms with Gasteiger partial charge in [0, 0.05) is 17.2 Å². The zero-order chi connectivity index (χ0) is 18.9. The molecule has 2 aromatic carbocycles. The van der Waals surface area contributed by atoms with Crippen LogP contribution in [0.5, 0.6) is 17.2 Å². The zero-order valence-corrected chi connectivity index (χ0v) is 14.9. The van der Waals surface area contributed by atoms with Crippen LogP contribution in [-0.2, 0) is 9.53 Å². The van der Waals surface area contributed by atoms with Crippen LogP contribution in [0, 0.1) is 0 Å². The Bertz CT molecular complexity index is 810. The number of rotatable bonds is 8. The van der Waals surface area contributed by atoms with Crippen LogP contribution in [0.15, 0.2) is 48.5 Å². The normalized spacial score (nSPS) is 10.4. The van der Waals surface area contributed by atoms with E-state index in [1.165, 1.54) is 27.4 Å². The molecule has 0 spiro atoms. The van der Waals surface area contributed by atoms with E-state index < -0.39 is 5.97 Å². The summed E-state index contributed by atoms with van der Waals surface area (Å²) in [7, 11) is 4.56. The van der Waals surface area contributed by atoms with E-state index in [4.69, 9.17) is 18.9 Å². The van der Waals surface area contributed by atoms with E-state index in [0.29, 0.717) is 28.4 Å². The molecule has 26 heavy (non-hydrogen) atoms. The van der Waals surface area contributed by atoms with Crippen LogP contribution in [0.25, 0.3) is 6.08 Å². The Morgan fingerprint density at radius 3 is 2.42 bits per heavy atom. The number of hydrogen-bond donors (Lipinski definition) is 0. The van der Waals surface area contributed by atoms with Gasteiger partial charge in [-0.3, -0.25) is 4.79 Å². The third-order valence-electron chi connectivity index (χ3n) is 3.57. The molecule has 0 saturated carbocycles. The quantitative estimate of drug-likeness (QED) is 0.411. The molecule has 0 unspecified atom stereocenters. The van der Waals surface area contributed by atoms with Crippen molar-refractivity contribution in [2.75, 3.05) is 27.9 Å². The van der Waals surface area contributed by atoms with Gasteiger partial charge in [0.05, 0.1) is 21.3 Å². The van der Waals surface area contributed by atoms with Crippen LogP contribution in [0.1, 0.15) is 15.9 Å². The van der Waals surface area contributed by atoms with Gasteiger partial charge in [0.2, 0.25) is 0 Å². The number of ether oxygens (including phenoxy) is 4. The molecule has 136 valence electrons. The Hall–Kier alpha value is -3.28. The van der Waals surface area contributed by atoms with Crippen LogP contribution < -0.4 is 14.2 Å². The van der Waals surface area contributed by atoms with Gasteiger partial charge in [-0.05, 0) is 24.3 Å². The summed E-state index contributed by atoms with van der Waals surface area (Å²) in [5.74, 6) is 0.672. The van der Waals surface area contributed by atoms with Crippen LogP contribution in [0.2, 0.25) is 0 Å². The fourth-order valence-corrected chi connectivity index (χ4v) is 2.27. The van der Waals surface area contributed by atoms with Crippen LogP contribution in [0.3, 0.4) is 0 Å². The molecule has 0 aliphatic heterocycles. The van der Waals surface area contributed by atoms with Crippen molar-refractivity contribution in [2.24, 2.45) is 0 Å². The van der Waals surface area contributed by atoms with E-state index in [1.54, 1.807) is 48.5 Å². The maximum Gasteiger partial charge on any atom is 0.331 e. The topological polar surface area (TPSA) is 71.1 Å². The SMILES string of the molecule is COc1cccc(C(=O)COC(=O)/C=C/c2cccc(OC)c2OC)c1. The molecule has 0 heterocycles. The minimum atomic E-state index is -0.633. The number of para-hydroxylation sites is 1. The lowest BCUT2D eigenvalue weighted by molar-refractivity contribution is -0.136. The summed E-state index contributed by atoms with van der Waals surface area (Å²) >= 11 is 0. The van der Waals surface area contributed by atoms with E-state index >= 15 is 0 Å². The molecule has 2 aromatic rings. The van der Waals surface area contributed by atoms with Gasteiger partial charge >= 0.3 is 5.97 Å². The first-order valence-electron chi connectivity index (χ1n) is 7.82. The molecule has 0 saturated heterocycles. The van der Waals surface area contributed by atoms with E-state index in [1.807, 2.05) is 0 Å². The van der Waals surface area contributed by atoms with Crippen molar-refractivity contribution >= 4 is 17.8 Å². The van der Waals surface area contributed by atoms with E-state index in [0.717, 1.165) is 0 Å². The van der Waals surface area contributed by atoms with E-state index in [9.17, 15) is 9.59 Å². The molecule has 0 atom stereocenters. The van der Waals surface area contributed by atoms with Crippen LogP contribution in [-0.4, -0.2) is 39.7 Å². The van der Waals surface area contributed by atoms with Crippen molar-refractivity contribution in [3.63, 3.8) is 0 Å². The van der Waals surface area contributed by atoms with Gasteiger partial charge in [-0.25, -0.2) is 4.79 Å². The fourth-order valence-electron chi connectivity index (χ4n) is 2.27. The van der Waals surface area contributed by atoms with Crippen molar-refractivity contribution < 1.29 is 28.5 Å². The number of carbonyl (C=O) groups excluding carboxylic acids is 2. The van der Waals surface area contributed by atoms with Gasteiger partial charge in [0.15, 0.2) is 23.9 Å². The van der Waals surface area contributed by atoms with E-state index in [-0.39, 0.29) is 12.4 Å². The second kappa shape index (κ2) is 9.27. The molecule has 0 fully saturated rings. The zero-order valence-electron chi connectivity index (χ0n) is 14.9. The smallest absolute Gasteiger partial charge is 0.331 e. The Morgan fingerprint density at radius 2 is 1.73 bits per heavy atom. The highest BCUT2D eigenvalue weighted by atomic mass is 16.5. The van der Waals surface area contributed by atoms with Crippen molar-refractivity contribution in [3.8, 4) is 17.2 Å². The summed E-state index contributed by atoms with van der Waals surface area (Å²) in [5.41, 5.74) is 1.07. The fraction of sp³-hybridized carbons (Fsp3) is 0.200. The third kappa shape index (κ3) is 4.86. The largest absolute Gasteiger partial charge is 0.497 e. The highest BCUT2D eigenvalue weighted by Crippen LogP contribution is 2.31. The summed E-state index contributed by atoms with van der Waals surface area (Å²) in [6, 6.07) is 11.9. The van der Waals surface area contributed by atoms with Gasteiger partial charge < -0.3 is 18.9 Å². The third-order valence-corrected chi connectivity index (χ3v) is 3.57. The molecule has 0 aliphatic carbocycles. The van der Waals surface area contributed by atoms with Crippen molar-refractivity contribution in [2.45, 2.75) is 0 Å². The highest BCUT2D eigenvalue weighted by Gasteiger charge is 2.10. The van der Waals surface area contributed by atoms with E-state index in [2.05, 4.69) is 0 Å². The van der Waals surface area contributed by atoms with Gasteiger partial charge in [0.25, 0.3) is 0 Å². The predicted molar refractivity (Wildman–Crippen MR) is 96.9 cm³/mol. The van der Waals surface area contributed by atoms with Gasteiger partial charge in [0.1, 0.15) is 5.75 Å². The first-order chi connectivity index (χ1) is 12.6. The number of benzene rings is 2. The molecular weight excluding hydrogens is 336 g/mol. The summed E-state index contributed by atoms with van der Waals surface area (Å²) in [6.07, 6.45) is 2.77. The van der Waals surface area contributed by atoms with Gasteiger partial charge in [-0.1, -0.05) is 24.3 Å². The maximum absolute atomic E-state index is 12.1. The first kappa shape index (κ1) is 19.1. The molecule has 0 aliphatic rings. The summed E-state index contributed by atoms with van der Waals surface area (Å²) in [4.78, 5) is 24.0. The molecule has 0 N–H and O–H groups in total. The Kier molecular flexibility index (Phi) is 6.79. The lowest BCUT2D eigenvalue weighted by atomic mass is 10.1. The number of methoxy groups -OCH3 is 3. The van der Waals surface area contributed by atoms with Crippen molar-refractivity contribution in [1.29, 1.82) is 0 Å². The number of Topliss-reactive ketones (excluding diaryl/α,β-unsaturated/α-hetero) is 1. The van der Waals surface area contributed by atoms with Crippen molar-refractivity contribution in [1.82, 2.24) is 0 Å². The number of hydrogen-bond acceptors (Lipinski definition) is 6. The lowest BCUT2D eigenvalue weighted by Crippen LogP contribution is -2.12. The summed E-state index contributed by atoms with van der Waals surface area (Å²) < 4.78 is 20.5. The second-order valence-corrected chi connectivity index (χ2v) is 5.18. The summed E-state index contributed by atoms with van der Waals surface area (Å²) in [5, 5.41) is 0. The number of ketones is 1. The average Bonchev–Trinajstić information content (AvgIpc) is 2.69. The highest BCUT2D eigenvalue weighted by molar-refractivity contribution is 5.99. The second-order valence-electron chi connectivity index (χ2n) is 5.18. The predicted octanol–water partition coefficient (Wildman–Crippen LogP) is 3.15. The van der Waals surface area contributed by atoms with Crippen molar-refractivity contribution in [3.05, 3.63) is 59.7 Å². The minimum absolute atomic E-state index is 0.315. The van der Waals surface area contributed by atoms with Gasteiger partial charge in [-0.2, -0.15) is 0 Å².